The van der Waals surface area contributed by atoms with Crippen LogP contribution in [0.25, 0.3) is 22.2 Å². The summed E-state index contributed by atoms with van der Waals surface area (Å²) < 4.78 is 0. The lowest BCUT2D eigenvalue weighted by Gasteiger charge is -2.24. The summed E-state index contributed by atoms with van der Waals surface area (Å²) in [5, 5.41) is 4.53. The molecule has 2 saturated heterocycles. The molecule has 4 aromatic rings. The van der Waals surface area contributed by atoms with Crippen LogP contribution < -0.4 is 10.2 Å². The maximum absolute atomic E-state index is 5.19. The molecule has 0 spiro atoms. The Morgan fingerprint density at radius 1 is 1.06 bits per heavy atom. The van der Waals surface area contributed by atoms with Gasteiger partial charge in [0.25, 0.3) is 0 Å². The van der Waals surface area contributed by atoms with Crippen LogP contribution in [0.1, 0.15) is 29.7 Å². The predicted molar refractivity (Wildman–Crippen MR) is 135 cm³/mol. The van der Waals surface area contributed by atoms with Crippen LogP contribution >= 0.6 is 11.8 Å². The fourth-order valence-electron chi connectivity index (χ4n) is 5.80. The number of anilines is 1. The molecule has 1 aromatic carbocycles. The second-order valence-corrected chi connectivity index (χ2v) is 10.7. The van der Waals surface area contributed by atoms with Crippen molar-refractivity contribution in [2.45, 2.75) is 42.3 Å². The van der Waals surface area contributed by atoms with E-state index in [0.717, 1.165) is 58.7 Å². The third-order valence-corrected chi connectivity index (χ3v) is 8.33. The van der Waals surface area contributed by atoms with Crippen molar-refractivity contribution in [3.05, 3.63) is 65.6 Å². The lowest BCUT2D eigenvalue weighted by molar-refractivity contribution is 0.340. The van der Waals surface area contributed by atoms with E-state index in [1.165, 1.54) is 35.1 Å². The first kappa shape index (κ1) is 20.4. The number of hydrogen-bond donors (Lipinski definition) is 1. The summed E-state index contributed by atoms with van der Waals surface area (Å²) in [7, 11) is 0. The molecule has 7 rings (SSSR count). The molecule has 2 atom stereocenters. The van der Waals surface area contributed by atoms with E-state index in [0.29, 0.717) is 12.0 Å². The average molecular weight is 467 g/mol. The lowest BCUT2D eigenvalue weighted by Crippen LogP contribution is -2.40. The van der Waals surface area contributed by atoms with Gasteiger partial charge in [-0.3, -0.25) is 9.97 Å². The van der Waals surface area contributed by atoms with Gasteiger partial charge in [0.15, 0.2) is 5.16 Å². The number of piperidine rings is 1. The number of nitrogens with one attached hydrogen (secondary N) is 1. The lowest BCUT2D eigenvalue weighted by atomic mass is 9.94. The fourth-order valence-corrected chi connectivity index (χ4v) is 6.58. The van der Waals surface area contributed by atoms with Crippen molar-refractivity contribution in [3.63, 3.8) is 0 Å². The van der Waals surface area contributed by atoms with Crippen LogP contribution in [0.2, 0.25) is 0 Å². The van der Waals surface area contributed by atoms with Crippen molar-refractivity contribution in [3.8, 4) is 11.1 Å². The van der Waals surface area contributed by atoms with Gasteiger partial charge in [-0.1, -0.05) is 18.2 Å². The molecule has 2 aliphatic heterocycles. The molecular formula is C27H26N6S. The van der Waals surface area contributed by atoms with Crippen LogP contribution in [0, 0.1) is 12.8 Å². The van der Waals surface area contributed by atoms with Gasteiger partial charge in [0.2, 0.25) is 0 Å². The minimum absolute atomic E-state index is 0.560. The summed E-state index contributed by atoms with van der Waals surface area (Å²) in [6.07, 6.45) is 7.15. The highest BCUT2D eigenvalue weighted by molar-refractivity contribution is 7.99. The Kier molecular flexibility index (Phi) is 4.81. The summed E-state index contributed by atoms with van der Waals surface area (Å²) in [6, 6.07) is 13.2. The van der Waals surface area contributed by atoms with Gasteiger partial charge in [0, 0.05) is 48.4 Å². The Bertz CT molecular complexity index is 1410. The molecule has 7 heteroatoms. The average Bonchev–Trinajstić information content (AvgIpc) is 3.46. The SMILES string of the molecule is Cc1cccc2c1Cc1nc(Sc3cnc4cccnc4c3)nc(N3CC4CCCNC4C3)c1-2. The number of aryl methyl sites for hydroxylation is 1. The van der Waals surface area contributed by atoms with Crippen LogP contribution in [0.15, 0.2) is 58.8 Å². The largest absolute Gasteiger partial charge is 0.354 e. The Morgan fingerprint density at radius 2 is 2.03 bits per heavy atom. The van der Waals surface area contributed by atoms with E-state index in [2.05, 4.69) is 51.4 Å². The molecule has 5 heterocycles. The van der Waals surface area contributed by atoms with Gasteiger partial charge in [-0.25, -0.2) is 9.97 Å². The zero-order valence-corrected chi connectivity index (χ0v) is 20.0. The first-order valence-electron chi connectivity index (χ1n) is 12.1. The Morgan fingerprint density at radius 3 is 2.97 bits per heavy atom. The highest BCUT2D eigenvalue weighted by Crippen LogP contribution is 2.45. The van der Waals surface area contributed by atoms with E-state index >= 15 is 0 Å². The second kappa shape index (κ2) is 8.03. The van der Waals surface area contributed by atoms with E-state index in [-0.39, 0.29) is 0 Å². The zero-order chi connectivity index (χ0) is 22.6. The van der Waals surface area contributed by atoms with Crippen molar-refractivity contribution < 1.29 is 0 Å². The van der Waals surface area contributed by atoms with Gasteiger partial charge >= 0.3 is 0 Å². The third-order valence-electron chi connectivity index (χ3n) is 7.50. The topological polar surface area (TPSA) is 66.8 Å². The Balaban J connectivity index is 1.31. The summed E-state index contributed by atoms with van der Waals surface area (Å²) in [6.45, 7) is 5.41. The predicted octanol–water partition coefficient (Wildman–Crippen LogP) is 4.64. The molecule has 3 aliphatic rings. The number of hydrogen-bond acceptors (Lipinski definition) is 7. The maximum atomic E-state index is 5.19. The van der Waals surface area contributed by atoms with Crippen molar-refractivity contribution in [1.82, 2.24) is 25.3 Å². The summed E-state index contributed by atoms with van der Waals surface area (Å²) in [5.74, 6) is 1.80. The fraction of sp³-hybridized carbons (Fsp3) is 0.333. The van der Waals surface area contributed by atoms with Crippen LogP contribution in [0.3, 0.4) is 0 Å². The standard InChI is InChI=1S/C27H26N6S/c1-16-5-2-7-19-20(16)12-23-25(19)26(33-14-17-6-3-9-29-24(17)15-33)32-27(31-23)34-18-11-22-21(30-13-18)8-4-10-28-22/h2,4-5,7-8,10-11,13,17,24,29H,3,6,9,12,14-15H2,1H3. The van der Waals surface area contributed by atoms with Crippen molar-refractivity contribution in [1.29, 1.82) is 0 Å². The molecule has 2 fully saturated rings. The third kappa shape index (κ3) is 3.37. The molecule has 1 N–H and O–H groups in total. The molecule has 34 heavy (non-hydrogen) atoms. The molecule has 170 valence electrons. The van der Waals surface area contributed by atoms with E-state index in [1.807, 2.05) is 24.5 Å². The van der Waals surface area contributed by atoms with Gasteiger partial charge < -0.3 is 10.2 Å². The number of fused-ring (bicyclic) bond motifs is 5. The van der Waals surface area contributed by atoms with Crippen LogP contribution in [-0.4, -0.2) is 45.6 Å². The van der Waals surface area contributed by atoms with Crippen molar-refractivity contribution in [2.75, 3.05) is 24.5 Å². The second-order valence-electron chi connectivity index (χ2n) is 9.61. The van der Waals surface area contributed by atoms with Gasteiger partial charge in [0.1, 0.15) is 5.82 Å². The minimum Gasteiger partial charge on any atom is -0.354 e. The molecule has 2 unspecified atom stereocenters. The Hall–Kier alpha value is -3.03. The van der Waals surface area contributed by atoms with Crippen molar-refractivity contribution >= 4 is 28.6 Å². The summed E-state index contributed by atoms with van der Waals surface area (Å²) in [4.78, 5) is 22.8. The Labute approximate surface area is 203 Å². The molecule has 0 radical (unpaired) electrons. The number of nitrogens with zero attached hydrogens (tertiary/aromatic N) is 5. The van der Waals surface area contributed by atoms with Gasteiger partial charge in [0.05, 0.1) is 16.7 Å². The van der Waals surface area contributed by atoms with Crippen LogP contribution in [-0.2, 0) is 6.42 Å². The van der Waals surface area contributed by atoms with E-state index in [9.17, 15) is 0 Å². The summed E-state index contributed by atoms with van der Waals surface area (Å²) >= 11 is 1.58. The molecule has 0 amide bonds. The minimum atomic E-state index is 0.560. The molecule has 3 aromatic heterocycles. The zero-order valence-electron chi connectivity index (χ0n) is 19.2. The maximum Gasteiger partial charge on any atom is 0.194 e. The first-order chi connectivity index (χ1) is 16.7. The van der Waals surface area contributed by atoms with E-state index in [1.54, 1.807) is 11.8 Å². The quantitative estimate of drug-likeness (QED) is 0.389. The molecular weight excluding hydrogens is 440 g/mol. The van der Waals surface area contributed by atoms with E-state index in [4.69, 9.17) is 9.97 Å². The van der Waals surface area contributed by atoms with Gasteiger partial charge in [-0.05, 0) is 78.9 Å². The molecule has 0 saturated carbocycles. The smallest absolute Gasteiger partial charge is 0.194 e. The number of aromatic nitrogens is 4. The molecule has 6 nitrogen and oxygen atoms in total. The molecule has 1 aliphatic carbocycles. The van der Waals surface area contributed by atoms with Crippen molar-refractivity contribution in [2.24, 2.45) is 5.92 Å². The van der Waals surface area contributed by atoms with E-state index < -0.39 is 0 Å². The highest BCUT2D eigenvalue weighted by atomic mass is 32.2. The summed E-state index contributed by atoms with van der Waals surface area (Å²) in [5.41, 5.74) is 8.21. The first-order valence-corrected chi connectivity index (χ1v) is 12.9. The normalized spacial score (nSPS) is 20.9. The number of benzene rings is 1. The van der Waals surface area contributed by atoms with Gasteiger partial charge in [-0.2, -0.15) is 0 Å². The van der Waals surface area contributed by atoms with Crippen LogP contribution in [0.5, 0.6) is 0 Å². The number of pyridine rings is 2. The number of rotatable bonds is 3. The molecule has 0 bridgehead atoms. The highest BCUT2D eigenvalue weighted by Gasteiger charge is 2.37. The van der Waals surface area contributed by atoms with Crippen LogP contribution in [0.4, 0.5) is 5.82 Å². The van der Waals surface area contributed by atoms with Gasteiger partial charge in [-0.15, -0.1) is 0 Å². The monoisotopic (exact) mass is 466 g/mol.